The zero-order chi connectivity index (χ0) is 22.9. The zero-order valence-corrected chi connectivity index (χ0v) is 19.4. The number of rotatable bonds is 6. The van der Waals surface area contributed by atoms with Gasteiger partial charge in [0.1, 0.15) is 11.6 Å². The van der Waals surface area contributed by atoms with Crippen LogP contribution in [0.2, 0.25) is 0 Å². The van der Waals surface area contributed by atoms with Crippen molar-refractivity contribution in [2.24, 2.45) is 5.92 Å². The van der Waals surface area contributed by atoms with Gasteiger partial charge in [0, 0.05) is 49.5 Å². The molecule has 0 aliphatic carbocycles. The van der Waals surface area contributed by atoms with E-state index in [-0.39, 0.29) is 11.7 Å². The number of anilines is 2. The highest BCUT2D eigenvalue weighted by atomic mass is 19.1. The second-order valence-corrected chi connectivity index (χ2v) is 9.55. The zero-order valence-electron chi connectivity index (χ0n) is 19.4. The van der Waals surface area contributed by atoms with Crippen LogP contribution in [0.15, 0.2) is 36.4 Å². The smallest absolute Gasteiger partial charge is 0.258 e. The first-order valence-corrected chi connectivity index (χ1v) is 11.9. The van der Waals surface area contributed by atoms with Crippen LogP contribution in [0, 0.1) is 11.7 Å². The van der Waals surface area contributed by atoms with Gasteiger partial charge in [0.25, 0.3) is 5.91 Å². The first-order chi connectivity index (χ1) is 16.0. The van der Waals surface area contributed by atoms with Crippen LogP contribution in [0.1, 0.15) is 28.8 Å². The summed E-state index contributed by atoms with van der Waals surface area (Å²) in [6, 6.07) is 11.3. The molecule has 0 bridgehead atoms. The van der Waals surface area contributed by atoms with Gasteiger partial charge in [-0.15, -0.1) is 0 Å². The van der Waals surface area contributed by atoms with Crippen molar-refractivity contribution in [2.75, 3.05) is 63.4 Å². The van der Waals surface area contributed by atoms with E-state index in [1.807, 2.05) is 30.3 Å². The molecule has 7 heteroatoms. The van der Waals surface area contributed by atoms with Gasteiger partial charge >= 0.3 is 0 Å². The van der Waals surface area contributed by atoms with Crippen LogP contribution in [-0.2, 0) is 11.2 Å². The number of benzene rings is 2. The molecule has 5 rings (SSSR count). The summed E-state index contributed by atoms with van der Waals surface area (Å²) in [5.74, 6) is 0.863. The molecule has 2 saturated heterocycles. The van der Waals surface area contributed by atoms with E-state index in [4.69, 9.17) is 9.47 Å². The molecule has 2 atom stereocenters. The molecule has 2 aromatic carbocycles. The van der Waals surface area contributed by atoms with Crippen molar-refractivity contribution in [2.45, 2.75) is 25.3 Å². The van der Waals surface area contributed by atoms with Crippen LogP contribution in [0.4, 0.5) is 15.8 Å². The van der Waals surface area contributed by atoms with Gasteiger partial charge in [-0.1, -0.05) is 0 Å². The fraction of sp³-hybridized carbons (Fsp3) is 0.500. The molecule has 0 N–H and O–H groups in total. The van der Waals surface area contributed by atoms with E-state index in [1.165, 1.54) is 6.07 Å². The third-order valence-electron chi connectivity index (χ3n) is 7.14. The Morgan fingerprint density at radius 3 is 2.76 bits per heavy atom. The van der Waals surface area contributed by atoms with Gasteiger partial charge in [-0.2, -0.15) is 0 Å². The van der Waals surface area contributed by atoms with Crippen LogP contribution < -0.4 is 14.5 Å². The average Bonchev–Trinajstić information content (AvgIpc) is 3.50. The molecule has 176 valence electrons. The topological polar surface area (TPSA) is 45.2 Å². The van der Waals surface area contributed by atoms with E-state index in [0.29, 0.717) is 48.5 Å². The summed E-state index contributed by atoms with van der Waals surface area (Å²) in [6.07, 6.45) is 2.77. The largest absolute Gasteiger partial charge is 0.493 e. The molecule has 6 nitrogen and oxygen atoms in total. The van der Waals surface area contributed by atoms with Crippen molar-refractivity contribution in [3.63, 3.8) is 0 Å². The molecule has 2 fully saturated rings. The van der Waals surface area contributed by atoms with Crippen molar-refractivity contribution in [3.05, 3.63) is 53.3 Å². The molecule has 0 radical (unpaired) electrons. The predicted molar refractivity (Wildman–Crippen MR) is 127 cm³/mol. The fourth-order valence-electron chi connectivity index (χ4n) is 5.03. The number of hydrogen-bond donors (Lipinski definition) is 0. The first kappa shape index (κ1) is 22.2. The van der Waals surface area contributed by atoms with E-state index in [2.05, 4.69) is 23.9 Å². The minimum absolute atomic E-state index is 0.0898. The molecule has 33 heavy (non-hydrogen) atoms. The second kappa shape index (κ2) is 9.31. The van der Waals surface area contributed by atoms with Crippen LogP contribution in [0.25, 0.3) is 0 Å². The quantitative estimate of drug-likeness (QED) is 0.669. The minimum atomic E-state index is -0.273. The van der Waals surface area contributed by atoms with E-state index in [1.54, 1.807) is 4.90 Å². The molecule has 0 aromatic heterocycles. The molecule has 0 saturated carbocycles. The molecule has 2 aromatic rings. The maximum Gasteiger partial charge on any atom is 0.258 e. The summed E-state index contributed by atoms with van der Waals surface area (Å²) in [6.45, 7) is 4.37. The van der Waals surface area contributed by atoms with Gasteiger partial charge in [0.05, 0.1) is 18.9 Å². The van der Waals surface area contributed by atoms with Crippen molar-refractivity contribution in [1.82, 2.24) is 4.90 Å². The highest BCUT2D eigenvalue weighted by molar-refractivity contribution is 6.08. The molecular weight excluding hydrogens is 421 g/mol. The summed E-state index contributed by atoms with van der Waals surface area (Å²) in [4.78, 5) is 19.2. The average molecular weight is 454 g/mol. The highest BCUT2D eigenvalue weighted by Gasteiger charge is 2.29. The van der Waals surface area contributed by atoms with Gasteiger partial charge < -0.3 is 24.2 Å². The number of halogens is 1. The highest BCUT2D eigenvalue weighted by Crippen LogP contribution is 2.32. The van der Waals surface area contributed by atoms with E-state index < -0.39 is 0 Å². The minimum Gasteiger partial charge on any atom is -0.493 e. The van der Waals surface area contributed by atoms with Gasteiger partial charge in [-0.25, -0.2) is 4.39 Å². The molecule has 3 heterocycles. The first-order valence-electron chi connectivity index (χ1n) is 11.9. The summed E-state index contributed by atoms with van der Waals surface area (Å²) >= 11 is 0. The maximum absolute atomic E-state index is 15.1. The number of carbonyl (C=O) groups is 1. The summed E-state index contributed by atoms with van der Waals surface area (Å²) in [5, 5.41) is 0. The molecule has 0 spiro atoms. The molecule has 1 unspecified atom stereocenters. The van der Waals surface area contributed by atoms with E-state index in [0.717, 1.165) is 50.5 Å². The van der Waals surface area contributed by atoms with Crippen molar-refractivity contribution >= 4 is 17.3 Å². The Bertz CT molecular complexity index is 1020. The lowest BCUT2D eigenvalue weighted by atomic mass is 9.98. The Labute approximate surface area is 194 Å². The van der Waals surface area contributed by atoms with Crippen LogP contribution in [0.5, 0.6) is 5.75 Å². The van der Waals surface area contributed by atoms with Gasteiger partial charge in [0.15, 0.2) is 0 Å². The van der Waals surface area contributed by atoms with E-state index in [9.17, 15) is 4.79 Å². The monoisotopic (exact) mass is 453 g/mol. The van der Waals surface area contributed by atoms with Crippen molar-refractivity contribution < 1.29 is 18.7 Å². The Kier molecular flexibility index (Phi) is 6.25. The second-order valence-electron chi connectivity index (χ2n) is 9.55. The number of carbonyl (C=O) groups excluding carboxylic acids is 1. The van der Waals surface area contributed by atoms with Crippen LogP contribution in [-0.4, -0.2) is 70.4 Å². The van der Waals surface area contributed by atoms with Crippen molar-refractivity contribution in [3.8, 4) is 5.75 Å². The van der Waals surface area contributed by atoms with Crippen LogP contribution >= 0.6 is 0 Å². The fourth-order valence-corrected chi connectivity index (χ4v) is 5.03. The summed E-state index contributed by atoms with van der Waals surface area (Å²) in [7, 11) is 4.13. The maximum atomic E-state index is 15.1. The SMILES string of the molecule is CN(C)[C@@H]1CCN(c2ccc(N3CCc4cc(OCC5CCOC5)ccc4C3=O)cc2F)C1. The normalized spacial score (nSPS) is 22.8. The Morgan fingerprint density at radius 1 is 1.15 bits per heavy atom. The molecule has 1 amide bonds. The number of hydrogen-bond acceptors (Lipinski definition) is 5. The number of nitrogens with zero attached hydrogens (tertiary/aromatic N) is 3. The molecule has 3 aliphatic heterocycles. The van der Waals surface area contributed by atoms with Gasteiger partial charge in [0.2, 0.25) is 0 Å². The number of ether oxygens (including phenoxy) is 2. The number of amides is 1. The Balaban J connectivity index is 1.27. The Morgan fingerprint density at radius 2 is 2.03 bits per heavy atom. The third-order valence-corrected chi connectivity index (χ3v) is 7.14. The number of fused-ring (bicyclic) bond motifs is 1. The Hall–Kier alpha value is -2.64. The third kappa shape index (κ3) is 4.57. The standard InChI is InChI=1S/C26H32FN3O3/c1-28(2)21-8-10-29(15-21)25-6-3-20(14-24(25)27)30-11-7-19-13-22(4-5-23(19)26(30)31)33-17-18-9-12-32-16-18/h3-6,13-14,18,21H,7-12,15-17H2,1-2H3/t18?,21-/m1/s1. The molecular formula is C26H32FN3O3. The van der Waals surface area contributed by atoms with Crippen LogP contribution in [0.3, 0.4) is 0 Å². The van der Waals surface area contributed by atoms with Gasteiger partial charge in [-0.05, 0) is 75.3 Å². The lowest BCUT2D eigenvalue weighted by Crippen LogP contribution is -2.37. The van der Waals surface area contributed by atoms with E-state index >= 15 is 4.39 Å². The predicted octanol–water partition coefficient (Wildman–Crippen LogP) is 3.58. The lowest BCUT2D eigenvalue weighted by Gasteiger charge is -2.30. The lowest BCUT2D eigenvalue weighted by molar-refractivity contribution is 0.0980. The number of likely N-dealkylation sites (N-methyl/N-ethyl adjacent to an activating group) is 1. The summed E-state index contributed by atoms with van der Waals surface area (Å²) in [5.41, 5.74) is 2.87. The molecule has 3 aliphatic rings. The summed E-state index contributed by atoms with van der Waals surface area (Å²) < 4.78 is 26.4. The van der Waals surface area contributed by atoms with Crippen molar-refractivity contribution in [1.29, 1.82) is 0 Å². The van der Waals surface area contributed by atoms with Gasteiger partial charge in [-0.3, -0.25) is 4.79 Å².